The standard InChI is InChI=1S/C40H58N6O8S2/c1-9-14-28(11-3)18-20-51-38(47)30-22-31(39(48)52-21-19-29(12-4)15-10-2)24-34(23-30)54-56(50)45-32-16-13-17-33(25-32)53-55(49)44-27(5)37-42-41-36-26-35(40(6,7)8)43-46(36)37/h13,16-17,22-29,43-45H,9-12,14-15,18-21H2,1-8H3. The zero-order valence-electron chi connectivity index (χ0n) is 33.8. The molecule has 2 aromatic heterocycles. The number of carbonyl (C=O) groups is 2. The molecule has 0 saturated heterocycles. The fourth-order valence-electron chi connectivity index (χ4n) is 6.20. The van der Waals surface area contributed by atoms with Gasteiger partial charge < -0.3 is 17.8 Å². The molecule has 5 atom stereocenters. The summed E-state index contributed by atoms with van der Waals surface area (Å²) in [6.45, 7) is 17.0. The minimum absolute atomic E-state index is 0.00181. The van der Waals surface area contributed by atoms with Gasteiger partial charge in [-0.3, -0.25) is 9.82 Å². The molecule has 2 aromatic carbocycles. The molecule has 56 heavy (non-hydrogen) atoms. The van der Waals surface area contributed by atoms with E-state index in [1.807, 2.05) is 6.07 Å². The lowest BCUT2D eigenvalue weighted by molar-refractivity contribution is 0.0478. The maximum Gasteiger partial charge on any atom is 0.338 e. The van der Waals surface area contributed by atoms with Crippen molar-refractivity contribution in [2.24, 2.45) is 11.8 Å². The minimum Gasteiger partial charge on any atom is -0.462 e. The van der Waals surface area contributed by atoms with Crippen molar-refractivity contribution in [3.63, 3.8) is 0 Å². The Balaban J connectivity index is 1.41. The molecular formula is C40H58N6O8S2. The van der Waals surface area contributed by atoms with Gasteiger partial charge in [-0.15, -0.1) is 10.2 Å². The number of nitrogens with zero attached hydrogens (tertiary/aromatic N) is 3. The number of carbonyl (C=O) groups excluding carboxylic acids is 2. The first-order valence-corrected chi connectivity index (χ1v) is 21.7. The summed E-state index contributed by atoms with van der Waals surface area (Å²) < 4.78 is 56.0. The van der Waals surface area contributed by atoms with Crippen LogP contribution in [0.5, 0.6) is 11.5 Å². The zero-order chi connectivity index (χ0) is 40.8. The molecule has 0 amide bonds. The van der Waals surface area contributed by atoms with Crippen molar-refractivity contribution in [1.29, 1.82) is 0 Å². The number of rotatable bonds is 23. The van der Waals surface area contributed by atoms with Crippen LogP contribution in [-0.4, -0.2) is 53.4 Å². The second kappa shape index (κ2) is 21.3. The number of anilines is 1. The molecule has 16 heteroatoms. The molecule has 4 aromatic rings. The van der Waals surface area contributed by atoms with Crippen LogP contribution in [0.15, 0.2) is 48.5 Å². The van der Waals surface area contributed by atoms with E-state index in [0.717, 1.165) is 57.1 Å². The van der Waals surface area contributed by atoms with Gasteiger partial charge in [-0.2, -0.15) is 13.1 Å². The smallest absolute Gasteiger partial charge is 0.338 e. The lowest BCUT2D eigenvalue weighted by Gasteiger charge is -2.16. The second-order valence-electron chi connectivity index (χ2n) is 15.0. The van der Waals surface area contributed by atoms with E-state index >= 15 is 0 Å². The average Bonchev–Trinajstić information content (AvgIpc) is 3.76. The van der Waals surface area contributed by atoms with Gasteiger partial charge in [-0.25, -0.2) is 14.1 Å². The van der Waals surface area contributed by atoms with Gasteiger partial charge in [0, 0.05) is 23.2 Å². The Hall–Kier alpha value is -4.28. The van der Waals surface area contributed by atoms with Gasteiger partial charge in [0.05, 0.1) is 36.1 Å². The van der Waals surface area contributed by atoms with E-state index in [0.29, 0.717) is 29.0 Å². The molecule has 0 spiro atoms. The number of ether oxygens (including phenoxy) is 2. The highest BCUT2D eigenvalue weighted by Crippen LogP contribution is 2.26. The lowest BCUT2D eigenvalue weighted by atomic mass is 9.93. The molecule has 308 valence electrons. The van der Waals surface area contributed by atoms with Crippen LogP contribution in [0.2, 0.25) is 0 Å². The third-order valence-corrected chi connectivity index (χ3v) is 11.1. The summed E-state index contributed by atoms with van der Waals surface area (Å²) >= 11 is -4.17. The van der Waals surface area contributed by atoms with Crippen LogP contribution in [0.4, 0.5) is 5.69 Å². The maximum atomic E-state index is 13.2. The third-order valence-electron chi connectivity index (χ3n) is 9.51. The number of benzene rings is 2. The Morgan fingerprint density at radius 1 is 0.786 bits per heavy atom. The van der Waals surface area contributed by atoms with E-state index in [2.05, 4.69) is 73.2 Å². The monoisotopic (exact) mass is 814 g/mol. The molecule has 0 radical (unpaired) electrons. The highest BCUT2D eigenvalue weighted by Gasteiger charge is 2.23. The summed E-state index contributed by atoms with van der Waals surface area (Å²) in [6.07, 6.45) is 7.64. The van der Waals surface area contributed by atoms with Crippen LogP contribution in [0, 0.1) is 11.8 Å². The normalized spacial score (nSPS) is 14.4. The number of fused-ring (bicyclic) bond motifs is 1. The third kappa shape index (κ3) is 13.2. The van der Waals surface area contributed by atoms with E-state index < -0.39 is 40.5 Å². The molecule has 0 aliphatic rings. The summed E-state index contributed by atoms with van der Waals surface area (Å²) in [7, 11) is 0. The van der Waals surface area contributed by atoms with Crippen molar-refractivity contribution >= 4 is 45.8 Å². The molecule has 0 saturated carbocycles. The fraction of sp³-hybridized carbons (Fsp3) is 0.550. The quantitative estimate of drug-likeness (QED) is 0.0616. The van der Waals surface area contributed by atoms with E-state index in [9.17, 15) is 18.0 Å². The van der Waals surface area contributed by atoms with Gasteiger partial charge in [0.25, 0.3) is 11.3 Å². The Morgan fingerprint density at radius 2 is 1.38 bits per heavy atom. The highest BCUT2D eigenvalue weighted by molar-refractivity contribution is 7.82. The van der Waals surface area contributed by atoms with Gasteiger partial charge >= 0.3 is 23.2 Å². The first-order valence-electron chi connectivity index (χ1n) is 19.5. The summed E-state index contributed by atoms with van der Waals surface area (Å²) in [5.74, 6) is 0.386. The van der Waals surface area contributed by atoms with Gasteiger partial charge in [0.1, 0.15) is 11.5 Å². The molecular weight excluding hydrogens is 757 g/mol. The first-order chi connectivity index (χ1) is 26.7. The largest absolute Gasteiger partial charge is 0.462 e. The predicted molar refractivity (Wildman–Crippen MR) is 219 cm³/mol. The highest BCUT2D eigenvalue weighted by atomic mass is 32.2. The molecule has 2 heterocycles. The Bertz CT molecular complexity index is 1890. The van der Waals surface area contributed by atoms with E-state index in [1.54, 1.807) is 29.6 Å². The molecule has 0 aliphatic carbocycles. The van der Waals surface area contributed by atoms with E-state index in [-0.39, 0.29) is 41.3 Å². The zero-order valence-corrected chi connectivity index (χ0v) is 35.5. The van der Waals surface area contributed by atoms with Gasteiger partial charge in [-0.05, 0) is 61.9 Å². The number of H-pyrrole nitrogens is 1. The van der Waals surface area contributed by atoms with Crippen LogP contribution in [0.25, 0.3) is 5.65 Å². The van der Waals surface area contributed by atoms with Crippen LogP contribution in [0.3, 0.4) is 0 Å². The summed E-state index contributed by atoms with van der Waals surface area (Å²) in [4.78, 5) is 26.3. The molecule has 14 nitrogen and oxygen atoms in total. The Morgan fingerprint density at radius 3 is 1.93 bits per heavy atom. The number of aromatic nitrogens is 4. The number of hydrogen-bond donors (Lipinski definition) is 3. The number of esters is 2. The van der Waals surface area contributed by atoms with Crippen LogP contribution in [0.1, 0.15) is 145 Å². The topological polar surface area (TPSA) is 175 Å². The number of nitrogens with one attached hydrogen (secondary N) is 3. The van der Waals surface area contributed by atoms with Crippen molar-refractivity contribution < 1.29 is 35.8 Å². The molecule has 0 fully saturated rings. The van der Waals surface area contributed by atoms with E-state index in [4.69, 9.17) is 17.8 Å². The molecule has 4 rings (SSSR count). The Kier molecular flexibility index (Phi) is 16.9. The van der Waals surface area contributed by atoms with Crippen molar-refractivity contribution in [3.05, 3.63) is 71.2 Å². The average molecular weight is 815 g/mol. The summed E-state index contributed by atoms with van der Waals surface area (Å²) in [5.41, 5.74) is 1.98. The van der Waals surface area contributed by atoms with Crippen LogP contribution < -0.4 is 17.8 Å². The fourth-order valence-corrected chi connectivity index (χ4v) is 7.55. The van der Waals surface area contributed by atoms with Crippen molar-refractivity contribution in [3.8, 4) is 11.5 Å². The Labute approximate surface area is 335 Å². The summed E-state index contributed by atoms with van der Waals surface area (Å²) in [5, 5.41) is 11.7. The second-order valence-corrected chi connectivity index (χ2v) is 16.7. The number of aromatic amines is 1. The predicted octanol–water partition coefficient (Wildman–Crippen LogP) is 8.48. The molecule has 0 bridgehead atoms. The molecule has 0 aliphatic heterocycles. The van der Waals surface area contributed by atoms with Crippen LogP contribution >= 0.6 is 0 Å². The SMILES string of the molecule is CCCC(CC)CCOC(=O)c1cc(OS(=O)Nc2cccc(OS(=O)NC(C)c3nnc4cc(C(C)(C)C)[nH]n34)c2)cc(C(=O)OCCC(CC)CCC)c1. The van der Waals surface area contributed by atoms with Crippen molar-refractivity contribution in [2.45, 2.75) is 118 Å². The van der Waals surface area contributed by atoms with Gasteiger partial charge in [0.15, 0.2) is 11.5 Å². The van der Waals surface area contributed by atoms with E-state index in [1.165, 1.54) is 24.3 Å². The van der Waals surface area contributed by atoms with Gasteiger partial charge in [-0.1, -0.05) is 93.1 Å². The first kappa shape index (κ1) is 44.4. The van der Waals surface area contributed by atoms with Crippen LogP contribution in [-0.2, 0) is 37.4 Å². The van der Waals surface area contributed by atoms with Crippen molar-refractivity contribution in [1.82, 2.24) is 24.5 Å². The maximum absolute atomic E-state index is 13.2. The molecule has 5 unspecified atom stereocenters. The summed E-state index contributed by atoms with van der Waals surface area (Å²) in [6, 6.07) is 11.9. The molecule has 3 N–H and O–H groups in total. The minimum atomic E-state index is -2.19. The van der Waals surface area contributed by atoms with Gasteiger partial charge in [0.2, 0.25) is 0 Å². The number of hydrogen-bond acceptors (Lipinski definition) is 10. The van der Waals surface area contributed by atoms with Crippen molar-refractivity contribution in [2.75, 3.05) is 17.9 Å². The lowest BCUT2D eigenvalue weighted by Crippen LogP contribution is -2.26.